The quantitative estimate of drug-likeness (QED) is 0.542. The van der Waals surface area contributed by atoms with Crippen molar-refractivity contribution in [1.82, 2.24) is 0 Å². The molecule has 0 aromatic rings. The van der Waals surface area contributed by atoms with E-state index in [1.165, 1.54) is 12.8 Å². The molecule has 0 aromatic carbocycles. The first kappa shape index (κ1) is 26.2. The van der Waals surface area contributed by atoms with E-state index in [2.05, 4.69) is 0 Å². The molecule has 0 spiro atoms. The summed E-state index contributed by atoms with van der Waals surface area (Å²) in [4.78, 5) is 0. The average Bonchev–Trinajstić information content (AvgIpc) is 2.00. The van der Waals surface area contributed by atoms with Gasteiger partial charge in [0.1, 0.15) is 7.71 Å². The van der Waals surface area contributed by atoms with E-state index in [0.29, 0.717) is 13.2 Å². The van der Waals surface area contributed by atoms with Crippen LogP contribution in [0.25, 0.3) is 0 Å². The molecular formula is C6H16Na2O4S3. The molecule has 1 heterocycles. The molecule has 2 radical (unpaired) electrons. The van der Waals surface area contributed by atoms with Crippen molar-refractivity contribution in [2.75, 3.05) is 13.2 Å². The second-order valence-corrected chi connectivity index (χ2v) is 7.02. The maximum absolute atomic E-state index is 5.24. The van der Waals surface area contributed by atoms with Crippen molar-refractivity contribution in [2.45, 2.75) is 25.7 Å². The van der Waals surface area contributed by atoms with Gasteiger partial charge in [0.05, 0.1) is 13.2 Å². The summed E-state index contributed by atoms with van der Waals surface area (Å²) in [6, 6.07) is 0. The molecule has 1 aliphatic rings. The molecule has 1 saturated heterocycles. The van der Waals surface area contributed by atoms with Crippen LogP contribution in [0.5, 0.6) is 0 Å². The van der Waals surface area contributed by atoms with Crippen LogP contribution in [-0.2, 0) is 38.5 Å². The molecule has 1 fully saturated rings. The molecule has 1 aliphatic heterocycles. The van der Waals surface area contributed by atoms with Crippen LogP contribution in [0.4, 0.5) is 0 Å². The topological polar surface area (TPSA) is 81.5 Å². The van der Waals surface area contributed by atoms with Crippen LogP contribution in [0.1, 0.15) is 25.7 Å². The van der Waals surface area contributed by atoms with Gasteiger partial charge in [0.15, 0.2) is 0 Å². The Labute approximate surface area is 145 Å². The second kappa shape index (κ2) is 14.7. The Bertz CT molecular complexity index is 194. The molecule has 0 unspecified atom stereocenters. The Morgan fingerprint density at radius 3 is 1.40 bits per heavy atom. The van der Waals surface area contributed by atoms with Gasteiger partial charge in [0, 0.05) is 81.5 Å². The summed E-state index contributed by atoms with van der Waals surface area (Å²) < 4.78 is 10.5. The van der Waals surface area contributed by atoms with Crippen LogP contribution >= 0.6 is 0 Å². The smallest absolute Gasteiger partial charge is 0.137 e. The number of hydrogen-bond donors (Lipinski definition) is 0. The molecular weight excluding hydrogens is 278 g/mol. The molecule has 4 nitrogen and oxygen atoms in total. The van der Waals surface area contributed by atoms with Crippen molar-refractivity contribution >= 4 is 89.2 Å². The van der Waals surface area contributed by atoms with Gasteiger partial charge in [-0.2, -0.15) is 0 Å². The van der Waals surface area contributed by atoms with Gasteiger partial charge >= 0.3 is 0 Å². The predicted molar refractivity (Wildman–Crippen MR) is 71.2 cm³/mol. The van der Waals surface area contributed by atoms with E-state index in [0.717, 1.165) is 12.8 Å². The maximum atomic E-state index is 5.24. The zero-order valence-corrected chi connectivity index (χ0v) is 15.7. The third-order valence-corrected chi connectivity index (χ3v) is 3.56. The molecule has 0 atom stereocenters. The van der Waals surface area contributed by atoms with Gasteiger partial charge in [0.2, 0.25) is 0 Å². The summed E-state index contributed by atoms with van der Waals surface area (Å²) >= 11 is 9.91. The van der Waals surface area contributed by atoms with E-state index in [-0.39, 0.29) is 70.1 Å². The van der Waals surface area contributed by atoms with Crippen LogP contribution in [0.3, 0.4) is 0 Å². The predicted octanol–water partition coefficient (Wildman–Crippen LogP) is -0.910. The summed E-state index contributed by atoms with van der Waals surface area (Å²) in [6.45, 7) is 1.34. The Hall–Kier alpha value is 2.63. The summed E-state index contributed by atoms with van der Waals surface area (Å²) in [5, 5.41) is 0. The van der Waals surface area contributed by atoms with Gasteiger partial charge < -0.3 is 11.0 Å². The van der Waals surface area contributed by atoms with Crippen LogP contribution in [0.15, 0.2) is 0 Å². The zero-order valence-electron chi connectivity index (χ0n) is 9.28. The fourth-order valence-electron chi connectivity index (χ4n) is 0.914. The van der Waals surface area contributed by atoms with Crippen LogP contribution in [0, 0.1) is 0 Å². The fourth-order valence-corrected chi connectivity index (χ4v) is 2.44. The minimum Gasteiger partial charge on any atom is -0.412 e. The summed E-state index contributed by atoms with van der Waals surface area (Å²) in [5.41, 5.74) is 0. The first-order valence-electron chi connectivity index (χ1n) is 3.74. The molecule has 4 N–H and O–H groups in total. The van der Waals surface area contributed by atoms with Crippen molar-refractivity contribution < 1.29 is 19.3 Å². The normalized spacial score (nSPS) is 19.5. The SMILES string of the molecule is O.O.S=S1(=S)OCCCCCCO1.[Na].[Na]. The monoisotopic (exact) mass is 294 g/mol. The minimum atomic E-state index is -2.00. The molecule has 15 heavy (non-hydrogen) atoms. The van der Waals surface area contributed by atoms with Crippen LogP contribution in [-0.4, -0.2) is 83.3 Å². The second-order valence-electron chi connectivity index (χ2n) is 2.47. The Morgan fingerprint density at radius 1 is 0.733 bits per heavy atom. The third-order valence-electron chi connectivity index (χ3n) is 1.49. The first-order chi connectivity index (χ1) is 5.21. The summed E-state index contributed by atoms with van der Waals surface area (Å²) in [5.74, 6) is 0. The van der Waals surface area contributed by atoms with Gasteiger partial charge in [-0.1, -0.05) is 12.8 Å². The van der Waals surface area contributed by atoms with Gasteiger partial charge in [-0.05, 0) is 12.8 Å². The Balaban J connectivity index is -0.000000151. The average molecular weight is 294 g/mol. The standard InChI is InChI=1S/C6H12O2S3.2Na.2H2O/c9-11(10)7-5-3-1-2-4-6-8-11;;;;/h1-6H2;;;2*1H2. The largest absolute Gasteiger partial charge is 0.412 e. The van der Waals surface area contributed by atoms with E-state index >= 15 is 0 Å². The molecule has 9 heteroatoms. The van der Waals surface area contributed by atoms with Crippen LogP contribution < -0.4 is 0 Å². The number of rotatable bonds is 0. The van der Waals surface area contributed by atoms with E-state index in [4.69, 9.17) is 30.7 Å². The van der Waals surface area contributed by atoms with Crippen molar-refractivity contribution in [3.63, 3.8) is 0 Å². The maximum Gasteiger partial charge on any atom is 0.137 e. The van der Waals surface area contributed by atoms with Crippen molar-refractivity contribution in [3.05, 3.63) is 0 Å². The van der Waals surface area contributed by atoms with Crippen molar-refractivity contribution in [1.29, 1.82) is 0 Å². The molecule has 1 rings (SSSR count). The summed E-state index contributed by atoms with van der Waals surface area (Å²) in [6.07, 6.45) is 4.52. The van der Waals surface area contributed by atoms with Gasteiger partial charge in [-0.3, -0.25) is 8.37 Å². The van der Waals surface area contributed by atoms with Gasteiger partial charge in [-0.15, -0.1) is 0 Å². The van der Waals surface area contributed by atoms with Crippen molar-refractivity contribution in [2.24, 2.45) is 0 Å². The first-order valence-corrected chi connectivity index (χ1v) is 7.08. The minimum absolute atomic E-state index is 0. The summed E-state index contributed by atoms with van der Waals surface area (Å²) in [7, 11) is -2.00. The van der Waals surface area contributed by atoms with Gasteiger partial charge in [0.25, 0.3) is 0 Å². The third kappa shape index (κ3) is 14.6. The fraction of sp³-hybridized carbons (Fsp3) is 1.00. The molecule has 0 bridgehead atoms. The molecule has 0 aromatic heterocycles. The van der Waals surface area contributed by atoms with E-state index in [9.17, 15) is 0 Å². The Morgan fingerprint density at radius 2 is 1.07 bits per heavy atom. The Kier molecular flexibility index (Phi) is 25.7. The van der Waals surface area contributed by atoms with Gasteiger partial charge in [-0.25, -0.2) is 0 Å². The van der Waals surface area contributed by atoms with E-state index in [1.807, 2.05) is 0 Å². The van der Waals surface area contributed by atoms with E-state index in [1.54, 1.807) is 0 Å². The van der Waals surface area contributed by atoms with Crippen LogP contribution in [0.2, 0.25) is 0 Å². The zero-order chi connectivity index (χ0) is 8.16. The van der Waals surface area contributed by atoms with Crippen molar-refractivity contribution in [3.8, 4) is 0 Å². The molecule has 84 valence electrons. The number of hydrogen-bond acceptors (Lipinski definition) is 4. The van der Waals surface area contributed by atoms with E-state index < -0.39 is 7.71 Å². The molecule has 0 saturated carbocycles. The molecule has 0 aliphatic carbocycles. The molecule has 0 amide bonds.